The van der Waals surface area contributed by atoms with E-state index in [1.54, 1.807) is 0 Å². The van der Waals surface area contributed by atoms with Gasteiger partial charge >= 0.3 is 0 Å². The van der Waals surface area contributed by atoms with Crippen molar-refractivity contribution < 1.29 is 0 Å². The molecule has 0 radical (unpaired) electrons. The average molecular weight is 360 g/mol. The lowest BCUT2D eigenvalue weighted by molar-refractivity contribution is 1.31. The third kappa shape index (κ3) is 2.84. The lowest BCUT2D eigenvalue weighted by Gasteiger charge is -2.19. The highest BCUT2D eigenvalue weighted by atomic mass is 14.8. The van der Waals surface area contributed by atoms with Crippen molar-refractivity contribution in [1.82, 2.24) is 0 Å². The summed E-state index contributed by atoms with van der Waals surface area (Å²) in [6, 6.07) is 25.0. The van der Waals surface area contributed by atoms with Crippen molar-refractivity contribution in [3.05, 3.63) is 108 Å². The van der Waals surface area contributed by atoms with Crippen LogP contribution in [0.15, 0.2) is 95.9 Å². The molecule has 2 aliphatic rings. The molecule has 0 fully saturated rings. The number of aliphatic imine (C=N–C) groups is 2. The van der Waals surface area contributed by atoms with Crippen LogP contribution in [0, 0.1) is 0 Å². The Morgan fingerprint density at radius 1 is 0.536 bits per heavy atom. The minimum Gasteiger partial charge on any atom is -0.252 e. The van der Waals surface area contributed by atoms with Crippen LogP contribution >= 0.6 is 0 Å². The van der Waals surface area contributed by atoms with Gasteiger partial charge in [0.15, 0.2) is 0 Å². The van der Waals surface area contributed by atoms with Gasteiger partial charge in [-0.25, -0.2) is 0 Å². The van der Waals surface area contributed by atoms with E-state index < -0.39 is 0 Å². The quantitative estimate of drug-likeness (QED) is 0.482. The van der Waals surface area contributed by atoms with Crippen LogP contribution in [0.3, 0.4) is 0 Å². The first-order valence-corrected chi connectivity index (χ1v) is 9.49. The van der Waals surface area contributed by atoms with E-state index in [1.165, 1.54) is 0 Å². The smallest absolute Gasteiger partial charge is 0.0708 e. The molecule has 5 rings (SSSR count). The molecule has 0 bridgehead atoms. The highest BCUT2D eigenvalue weighted by Crippen LogP contribution is 2.35. The van der Waals surface area contributed by atoms with E-state index in [0.29, 0.717) is 0 Å². The molecule has 0 saturated carbocycles. The number of para-hydroxylation sites is 2. The predicted molar refractivity (Wildman–Crippen MR) is 119 cm³/mol. The van der Waals surface area contributed by atoms with Gasteiger partial charge in [-0.05, 0) is 34.4 Å². The van der Waals surface area contributed by atoms with Gasteiger partial charge in [-0.15, -0.1) is 0 Å². The highest BCUT2D eigenvalue weighted by Gasteiger charge is 2.18. The van der Waals surface area contributed by atoms with Crippen molar-refractivity contribution in [2.75, 3.05) is 0 Å². The number of hydrogen-bond donors (Lipinski definition) is 0. The van der Waals surface area contributed by atoms with Crippen molar-refractivity contribution in [2.45, 2.75) is 12.8 Å². The van der Waals surface area contributed by atoms with Crippen LogP contribution in [0.25, 0.3) is 11.1 Å². The monoisotopic (exact) mass is 360 g/mol. The van der Waals surface area contributed by atoms with E-state index in [2.05, 4.69) is 49.6 Å². The summed E-state index contributed by atoms with van der Waals surface area (Å²) < 4.78 is 0. The number of fused-ring (bicyclic) bond motifs is 2. The van der Waals surface area contributed by atoms with Gasteiger partial charge in [-0.3, -0.25) is 9.98 Å². The highest BCUT2D eigenvalue weighted by molar-refractivity contribution is 6.12. The summed E-state index contributed by atoms with van der Waals surface area (Å²) in [5, 5.41) is 0. The second-order valence-electron chi connectivity index (χ2n) is 7.29. The third-order valence-corrected chi connectivity index (χ3v) is 5.39. The molecule has 0 N–H and O–H groups in total. The zero-order valence-corrected chi connectivity index (χ0v) is 15.7. The van der Waals surface area contributed by atoms with Gasteiger partial charge in [-0.1, -0.05) is 73.8 Å². The molecule has 0 atom stereocenters. The van der Waals surface area contributed by atoms with E-state index in [1.807, 2.05) is 36.4 Å². The van der Waals surface area contributed by atoms with Gasteiger partial charge in [-0.2, -0.15) is 0 Å². The molecule has 3 aromatic carbocycles. The Hall–Kier alpha value is -3.52. The molecule has 0 amide bonds. The first kappa shape index (κ1) is 16.6. The summed E-state index contributed by atoms with van der Waals surface area (Å²) in [5.74, 6) is 0. The van der Waals surface area contributed by atoms with Crippen molar-refractivity contribution in [3.8, 4) is 0 Å². The number of nitrogens with zero attached hydrogens (tertiary/aromatic N) is 2. The van der Waals surface area contributed by atoms with Crippen LogP contribution in [-0.2, 0) is 0 Å². The molecule has 28 heavy (non-hydrogen) atoms. The Labute approximate surface area is 165 Å². The van der Waals surface area contributed by atoms with Gasteiger partial charge in [0.25, 0.3) is 0 Å². The zero-order chi connectivity index (χ0) is 19.1. The SMILES string of the molecule is C=C1CC(c2ccc(C3=Nc4ccccc4C(=C)C3)cc2)=Nc2ccccc21. The fraction of sp³-hybridized carbons (Fsp3) is 0.0769. The van der Waals surface area contributed by atoms with Crippen LogP contribution < -0.4 is 0 Å². The van der Waals surface area contributed by atoms with E-state index in [0.717, 1.165) is 69.0 Å². The molecule has 2 nitrogen and oxygen atoms in total. The lowest BCUT2D eigenvalue weighted by atomic mass is 9.91. The Bertz CT molecular complexity index is 1080. The molecule has 0 aliphatic carbocycles. The molecule has 2 heterocycles. The first-order chi connectivity index (χ1) is 13.7. The third-order valence-electron chi connectivity index (χ3n) is 5.39. The summed E-state index contributed by atoms with van der Waals surface area (Å²) >= 11 is 0. The molecule has 0 unspecified atom stereocenters. The molecular formula is C26H20N2. The molecule has 3 aromatic rings. The Morgan fingerprint density at radius 2 is 0.929 bits per heavy atom. The van der Waals surface area contributed by atoms with E-state index >= 15 is 0 Å². The van der Waals surface area contributed by atoms with Crippen LogP contribution in [0.4, 0.5) is 11.4 Å². The van der Waals surface area contributed by atoms with E-state index in [4.69, 9.17) is 9.98 Å². The molecule has 2 heteroatoms. The maximum atomic E-state index is 4.86. The first-order valence-electron chi connectivity index (χ1n) is 9.49. The normalized spacial score (nSPS) is 15.4. The zero-order valence-electron chi connectivity index (χ0n) is 15.7. The van der Waals surface area contributed by atoms with Crippen molar-refractivity contribution in [2.24, 2.45) is 9.98 Å². The minimum atomic E-state index is 0.779. The van der Waals surface area contributed by atoms with Gasteiger partial charge in [0.1, 0.15) is 0 Å². The topological polar surface area (TPSA) is 24.7 Å². The van der Waals surface area contributed by atoms with Crippen LogP contribution in [0.5, 0.6) is 0 Å². The standard InChI is InChI=1S/C26H20N2/c1-17-15-25(27-23-9-5-3-7-21(17)23)19-11-13-20(14-12-19)26-16-18(2)22-8-4-6-10-24(22)28-26/h3-14H,1-2,15-16H2. The second kappa shape index (κ2) is 6.58. The van der Waals surface area contributed by atoms with Crippen molar-refractivity contribution >= 4 is 33.9 Å². The minimum absolute atomic E-state index is 0.779. The van der Waals surface area contributed by atoms with Gasteiger partial charge in [0.05, 0.1) is 22.8 Å². The number of rotatable bonds is 2. The Kier molecular flexibility index (Phi) is 3.91. The van der Waals surface area contributed by atoms with E-state index in [9.17, 15) is 0 Å². The second-order valence-corrected chi connectivity index (χ2v) is 7.29. The van der Waals surface area contributed by atoms with Gasteiger partial charge in [0.2, 0.25) is 0 Å². The summed E-state index contributed by atoms with van der Waals surface area (Å²) in [5.41, 5.74) is 10.9. The Balaban J connectivity index is 1.48. The number of benzene rings is 3. The van der Waals surface area contributed by atoms with Crippen LogP contribution in [-0.4, -0.2) is 11.4 Å². The number of allylic oxidation sites excluding steroid dienone is 2. The fourth-order valence-corrected chi connectivity index (χ4v) is 3.89. The molecule has 134 valence electrons. The van der Waals surface area contributed by atoms with E-state index in [-0.39, 0.29) is 0 Å². The van der Waals surface area contributed by atoms with Crippen LogP contribution in [0.2, 0.25) is 0 Å². The lowest BCUT2D eigenvalue weighted by Crippen LogP contribution is -2.09. The van der Waals surface area contributed by atoms with Crippen LogP contribution in [0.1, 0.15) is 35.1 Å². The average Bonchev–Trinajstić information content (AvgIpc) is 2.74. The largest absolute Gasteiger partial charge is 0.252 e. The van der Waals surface area contributed by atoms with Crippen molar-refractivity contribution in [3.63, 3.8) is 0 Å². The maximum absolute atomic E-state index is 4.86. The summed E-state index contributed by atoms with van der Waals surface area (Å²) in [7, 11) is 0. The van der Waals surface area contributed by atoms with Gasteiger partial charge in [0, 0.05) is 24.0 Å². The summed E-state index contributed by atoms with van der Waals surface area (Å²) in [6.07, 6.45) is 1.56. The molecule has 0 aromatic heterocycles. The predicted octanol–water partition coefficient (Wildman–Crippen LogP) is 6.76. The molecule has 0 saturated heterocycles. The van der Waals surface area contributed by atoms with Crippen molar-refractivity contribution in [1.29, 1.82) is 0 Å². The molecule has 0 spiro atoms. The summed E-state index contributed by atoms with van der Waals surface area (Å²) in [4.78, 5) is 9.72. The Morgan fingerprint density at radius 3 is 1.36 bits per heavy atom. The summed E-state index contributed by atoms with van der Waals surface area (Å²) in [6.45, 7) is 8.48. The number of hydrogen-bond acceptors (Lipinski definition) is 2. The maximum Gasteiger partial charge on any atom is 0.0708 e. The molecule has 2 aliphatic heterocycles. The molecular weight excluding hydrogens is 340 g/mol. The fourth-order valence-electron chi connectivity index (χ4n) is 3.89. The van der Waals surface area contributed by atoms with Gasteiger partial charge < -0.3 is 0 Å².